The molecular weight excluding hydrogens is 182 g/mol. The molecule has 84 valence electrons. The molecule has 0 saturated heterocycles. The molecule has 0 aliphatic rings. The van der Waals surface area contributed by atoms with Gasteiger partial charge in [-0.3, -0.25) is 4.79 Å². The number of hydrogen-bond acceptors (Lipinski definition) is 3. The minimum Gasteiger partial charge on any atom is -0.480 e. The first-order valence-electron chi connectivity index (χ1n) is 5.19. The fourth-order valence-corrected chi connectivity index (χ4v) is 1.06. The highest BCUT2D eigenvalue weighted by Gasteiger charge is 2.15. The maximum Gasteiger partial charge on any atom is 0.320 e. The summed E-state index contributed by atoms with van der Waals surface area (Å²) in [4.78, 5) is 10.7. The third-order valence-corrected chi connectivity index (χ3v) is 2.13. The Bertz CT molecular complexity index is 161. The maximum absolute atomic E-state index is 10.7. The van der Waals surface area contributed by atoms with Gasteiger partial charge in [0.25, 0.3) is 0 Å². The summed E-state index contributed by atoms with van der Waals surface area (Å²) < 4.78 is 5.41. The molecule has 4 heteroatoms. The highest BCUT2D eigenvalue weighted by Crippen LogP contribution is 1.99. The number of likely N-dealkylation sites (N-methyl/N-ethyl adjacent to an activating group) is 1. The zero-order valence-corrected chi connectivity index (χ0v) is 9.25. The van der Waals surface area contributed by atoms with E-state index in [9.17, 15) is 4.79 Å². The van der Waals surface area contributed by atoms with Crippen molar-refractivity contribution in [2.45, 2.75) is 45.8 Å². The lowest BCUT2D eigenvalue weighted by molar-refractivity contribution is -0.140. The number of nitrogens with one attached hydrogen (secondary N) is 1. The summed E-state index contributed by atoms with van der Waals surface area (Å²) in [5.74, 6) is -0.806. The molecule has 0 aromatic carbocycles. The first-order valence-corrected chi connectivity index (χ1v) is 5.19. The molecule has 2 N–H and O–H groups in total. The van der Waals surface area contributed by atoms with E-state index in [0.29, 0.717) is 19.6 Å². The normalized spacial score (nSPS) is 15.1. The van der Waals surface area contributed by atoms with Crippen molar-refractivity contribution < 1.29 is 14.6 Å². The van der Waals surface area contributed by atoms with Gasteiger partial charge in [0.1, 0.15) is 6.04 Å². The van der Waals surface area contributed by atoms with Crippen molar-refractivity contribution in [2.75, 3.05) is 13.2 Å². The number of rotatable bonds is 8. The van der Waals surface area contributed by atoms with E-state index >= 15 is 0 Å². The summed E-state index contributed by atoms with van der Waals surface area (Å²) in [6, 6.07) is -0.482. The van der Waals surface area contributed by atoms with Crippen LogP contribution in [0.25, 0.3) is 0 Å². The van der Waals surface area contributed by atoms with Crippen molar-refractivity contribution in [3.05, 3.63) is 0 Å². The molecule has 2 atom stereocenters. The van der Waals surface area contributed by atoms with Crippen molar-refractivity contribution in [1.82, 2.24) is 5.32 Å². The average molecular weight is 203 g/mol. The zero-order valence-electron chi connectivity index (χ0n) is 9.25. The standard InChI is InChI=1S/C10H21NO3/c1-4-8(3)14-7-6-9(10(12)13)11-5-2/h8-9,11H,4-7H2,1-3H3,(H,12,13). The molecular formula is C10H21NO3. The number of hydrogen-bond donors (Lipinski definition) is 2. The Morgan fingerprint density at radius 1 is 1.50 bits per heavy atom. The van der Waals surface area contributed by atoms with Crippen LogP contribution in [0.15, 0.2) is 0 Å². The molecule has 0 saturated carbocycles. The lowest BCUT2D eigenvalue weighted by Gasteiger charge is -2.15. The molecule has 0 fully saturated rings. The van der Waals surface area contributed by atoms with Gasteiger partial charge in [0.2, 0.25) is 0 Å². The van der Waals surface area contributed by atoms with Gasteiger partial charge in [-0.1, -0.05) is 13.8 Å². The molecule has 0 spiro atoms. The molecule has 0 aromatic heterocycles. The number of carboxylic acids is 1. The molecule has 0 aliphatic carbocycles. The lowest BCUT2D eigenvalue weighted by atomic mass is 10.2. The summed E-state index contributed by atoms with van der Waals surface area (Å²) in [7, 11) is 0. The Balaban J connectivity index is 3.66. The third kappa shape index (κ3) is 5.94. The van der Waals surface area contributed by atoms with Crippen LogP contribution in [0.4, 0.5) is 0 Å². The molecule has 0 aromatic rings. The van der Waals surface area contributed by atoms with Crippen molar-refractivity contribution in [3.8, 4) is 0 Å². The van der Waals surface area contributed by atoms with Crippen LogP contribution in [0.5, 0.6) is 0 Å². The molecule has 0 bridgehead atoms. The quantitative estimate of drug-likeness (QED) is 0.623. The monoisotopic (exact) mass is 203 g/mol. The fraction of sp³-hybridized carbons (Fsp3) is 0.900. The Kier molecular flexibility index (Phi) is 7.42. The predicted molar refractivity (Wildman–Crippen MR) is 55.4 cm³/mol. The van der Waals surface area contributed by atoms with Crippen LogP contribution >= 0.6 is 0 Å². The van der Waals surface area contributed by atoms with Gasteiger partial charge < -0.3 is 15.2 Å². The lowest BCUT2D eigenvalue weighted by Crippen LogP contribution is -2.37. The van der Waals surface area contributed by atoms with E-state index in [1.165, 1.54) is 0 Å². The largest absolute Gasteiger partial charge is 0.480 e. The van der Waals surface area contributed by atoms with Gasteiger partial charge in [-0.2, -0.15) is 0 Å². The topological polar surface area (TPSA) is 58.6 Å². The number of aliphatic carboxylic acids is 1. The maximum atomic E-state index is 10.7. The molecule has 0 aliphatic heterocycles. The summed E-state index contributed by atoms with van der Waals surface area (Å²) >= 11 is 0. The van der Waals surface area contributed by atoms with Gasteiger partial charge in [0, 0.05) is 6.61 Å². The Hall–Kier alpha value is -0.610. The van der Waals surface area contributed by atoms with Crippen LogP contribution in [0, 0.1) is 0 Å². The van der Waals surface area contributed by atoms with Gasteiger partial charge in [-0.15, -0.1) is 0 Å². The van der Waals surface area contributed by atoms with E-state index in [2.05, 4.69) is 5.32 Å². The Morgan fingerprint density at radius 3 is 2.57 bits per heavy atom. The van der Waals surface area contributed by atoms with Crippen LogP contribution in [0.2, 0.25) is 0 Å². The number of carbonyl (C=O) groups is 1. The van der Waals surface area contributed by atoms with Crippen LogP contribution in [0.3, 0.4) is 0 Å². The molecule has 0 rings (SSSR count). The van der Waals surface area contributed by atoms with E-state index in [1.54, 1.807) is 0 Å². The van der Waals surface area contributed by atoms with Gasteiger partial charge >= 0.3 is 5.97 Å². The van der Waals surface area contributed by atoms with Crippen molar-refractivity contribution in [2.24, 2.45) is 0 Å². The smallest absolute Gasteiger partial charge is 0.320 e. The van der Waals surface area contributed by atoms with Gasteiger partial charge in [0.15, 0.2) is 0 Å². The Labute approximate surface area is 85.6 Å². The van der Waals surface area contributed by atoms with Crippen LogP contribution in [0.1, 0.15) is 33.6 Å². The second kappa shape index (κ2) is 7.76. The van der Waals surface area contributed by atoms with E-state index in [1.807, 2.05) is 20.8 Å². The molecule has 0 heterocycles. The highest BCUT2D eigenvalue weighted by atomic mass is 16.5. The molecule has 14 heavy (non-hydrogen) atoms. The zero-order chi connectivity index (χ0) is 11.0. The summed E-state index contributed by atoms with van der Waals surface area (Å²) in [6.07, 6.45) is 1.69. The van der Waals surface area contributed by atoms with Crippen LogP contribution < -0.4 is 5.32 Å². The Morgan fingerprint density at radius 2 is 2.14 bits per heavy atom. The van der Waals surface area contributed by atoms with E-state index < -0.39 is 12.0 Å². The summed E-state index contributed by atoms with van der Waals surface area (Å²) in [6.45, 7) is 7.09. The van der Waals surface area contributed by atoms with Gasteiger partial charge in [-0.05, 0) is 26.3 Å². The predicted octanol–water partition coefficient (Wildman–Crippen LogP) is 1.25. The first-order chi connectivity index (χ1) is 6.61. The van der Waals surface area contributed by atoms with Gasteiger partial charge in [-0.25, -0.2) is 0 Å². The fourth-order valence-electron chi connectivity index (χ4n) is 1.06. The minimum absolute atomic E-state index is 0.214. The van der Waals surface area contributed by atoms with Crippen molar-refractivity contribution in [1.29, 1.82) is 0 Å². The molecule has 4 nitrogen and oxygen atoms in total. The average Bonchev–Trinajstić information content (AvgIpc) is 2.16. The first kappa shape index (κ1) is 13.4. The summed E-state index contributed by atoms with van der Waals surface area (Å²) in [5, 5.41) is 11.7. The third-order valence-electron chi connectivity index (χ3n) is 2.13. The molecule has 2 unspecified atom stereocenters. The van der Waals surface area contributed by atoms with Crippen molar-refractivity contribution >= 4 is 5.97 Å². The van der Waals surface area contributed by atoms with Crippen molar-refractivity contribution in [3.63, 3.8) is 0 Å². The second-order valence-electron chi connectivity index (χ2n) is 3.33. The van der Waals surface area contributed by atoms with E-state index in [4.69, 9.17) is 9.84 Å². The number of carboxylic acid groups (broad SMARTS) is 1. The van der Waals surface area contributed by atoms with Gasteiger partial charge in [0.05, 0.1) is 6.10 Å². The number of ether oxygens (including phenoxy) is 1. The highest BCUT2D eigenvalue weighted by molar-refractivity contribution is 5.73. The van der Waals surface area contributed by atoms with Crippen LogP contribution in [-0.2, 0) is 9.53 Å². The van der Waals surface area contributed by atoms with E-state index in [-0.39, 0.29) is 6.10 Å². The molecule has 0 amide bonds. The van der Waals surface area contributed by atoms with E-state index in [0.717, 1.165) is 6.42 Å². The second-order valence-corrected chi connectivity index (χ2v) is 3.33. The molecule has 0 radical (unpaired) electrons. The SMILES string of the molecule is CCNC(CCOC(C)CC)C(=O)O. The summed E-state index contributed by atoms with van der Waals surface area (Å²) in [5.41, 5.74) is 0. The minimum atomic E-state index is -0.806. The van der Waals surface area contributed by atoms with Crippen LogP contribution in [-0.4, -0.2) is 36.4 Å².